The molecule has 18 heavy (non-hydrogen) atoms. The van der Waals surface area contributed by atoms with Gasteiger partial charge < -0.3 is 21.1 Å². The highest BCUT2D eigenvalue weighted by atomic mass is 16.4. The van der Waals surface area contributed by atoms with E-state index in [0.717, 1.165) is 5.56 Å². The van der Waals surface area contributed by atoms with Crippen molar-refractivity contribution in [2.75, 3.05) is 0 Å². The molecule has 0 aliphatic heterocycles. The highest BCUT2D eigenvalue weighted by Crippen LogP contribution is 2.32. The van der Waals surface area contributed by atoms with Gasteiger partial charge in [-0.05, 0) is 24.8 Å². The topological polar surface area (TPSA) is 95.6 Å². The zero-order valence-electron chi connectivity index (χ0n) is 10.0. The first-order valence-electron chi connectivity index (χ1n) is 6.01. The highest BCUT2D eigenvalue weighted by molar-refractivity contribution is 6.43. The Bertz CT molecular complexity index is 421. The summed E-state index contributed by atoms with van der Waals surface area (Å²) >= 11 is 0. The molecule has 0 unspecified atom stereocenters. The van der Waals surface area contributed by atoms with Crippen molar-refractivity contribution in [3.63, 3.8) is 0 Å². The number of carbonyl (C=O) groups excluding carboxylic acids is 1. The molecule has 5 N–H and O–H groups in total. The fourth-order valence-corrected chi connectivity index (χ4v) is 1.77. The van der Waals surface area contributed by atoms with Crippen LogP contribution in [0, 0.1) is 0 Å². The van der Waals surface area contributed by atoms with Gasteiger partial charge >= 0.3 is 7.12 Å². The van der Waals surface area contributed by atoms with E-state index in [-0.39, 0.29) is 5.91 Å². The smallest absolute Gasteiger partial charge is 0.426 e. The first-order valence-corrected chi connectivity index (χ1v) is 6.01. The molecule has 96 valence electrons. The monoisotopic (exact) mass is 248 g/mol. The largest absolute Gasteiger partial charge is 0.475 e. The fourth-order valence-electron chi connectivity index (χ4n) is 1.77. The number of hydrogen-bond donors (Lipinski definition) is 4. The fraction of sp³-hybridized carbons (Fsp3) is 0.417. The van der Waals surface area contributed by atoms with Crippen LogP contribution < -0.4 is 11.1 Å². The van der Waals surface area contributed by atoms with Gasteiger partial charge in [-0.2, -0.15) is 0 Å². The van der Waals surface area contributed by atoms with Crippen LogP contribution in [0.4, 0.5) is 0 Å². The molecule has 1 atom stereocenters. The molecule has 1 aliphatic carbocycles. The standard InChI is InChI=1S/C12H17BN2O3/c14-12(6-7-12)11(16)15-10(13(17)18)8-9-4-2-1-3-5-9/h1-5,10,17-18H,6-8,14H2,(H,15,16)/t10-/m0/s1. The van der Waals surface area contributed by atoms with Crippen LogP contribution in [0.3, 0.4) is 0 Å². The second kappa shape index (κ2) is 5.10. The minimum absolute atomic E-state index is 0.309. The Kier molecular flexibility index (Phi) is 3.70. The van der Waals surface area contributed by atoms with Crippen LogP contribution in [0.25, 0.3) is 0 Å². The van der Waals surface area contributed by atoms with E-state index in [1.54, 1.807) is 0 Å². The Balaban J connectivity index is 1.98. The SMILES string of the molecule is NC1(C(=O)N[C@@H](Cc2ccccc2)B(O)O)CC1. The summed E-state index contributed by atoms with van der Waals surface area (Å²) in [5, 5.41) is 21.2. The second-order valence-electron chi connectivity index (χ2n) is 4.84. The average Bonchev–Trinajstić information content (AvgIpc) is 3.09. The van der Waals surface area contributed by atoms with Gasteiger partial charge in [-0.25, -0.2) is 0 Å². The van der Waals surface area contributed by atoms with Crippen LogP contribution in [0.1, 0.15) is 18.4 Å². The van der Waals surface area contributed by atoms with E-state index in [1.165, 1.54) is 0 Å². The van der Waals surface area contributed by atoms with Crippen LogP contribution in [0.15, 0.2) is 30.3 Å². The Morgan fingerprint density at radius 2 is 2.00 bits per heavy atom. The number of nitrogens with one attached hydrogen (secondary N) is 1. The summed E-state index contributed by atoms with van der Waals surface area (Å²) in [6, 6.07) is 9.35. The Morgan fingerprint density at radius 1 is 1.39 bits per heavy atom. The van der Waals surface area contributed by atoms with E-state index in [1.807, 2.05) is 30.3 Å². The first-order chi connectivity index (χ1) is 8.51. The van der Waals surface area contributed by atoms with Gasteiger partial charge in [0, 0.05) is 0 Å². The predicted molar refractivity (Wildman–Crippen MR) is 68.4 cm³/mol. The lowest BCUT2D eigenvalue weighted by atomic mass is 9.75. The molecular formula is C12H17BN2O3. The quantitative estimate of drug-likeness (QED) is 0.514. The molecule has 1 amide bonds. The van der Waals surface area contributed by atoms with E-state index in [0.29, 0.717) is 19.3 Å². The predicted octanol–water partition coefficient (Wildman–Crippen LogP) is -0.783. The molecule has 0 saturated heterocycles. The lowest BCUT2D eigenvalue weighted by Crippen LogP contribution is -2.53. The van der Waals surface area contributed by atoms with Crippen molar-refractivity contribution in [2.45, 2.75) is 30.7 Å². The lowest BCUT2D eigenvalue weighted by Gasteiger charge is -2.20. The van der Waals surface area contributed by atoms with Crippen molar-refractivity contribution >= 4 is 13.0 Å². The zero-order valence-corrected chi connectivity index (χ0v) is 10.0. The maximum Gasteiger partial charge on any atom is 0.475 e. The van der Waals surface area contributed by atoms with Crippen LogP contribution in [-0.4, -0.2) is 34.6 Å². The lowest BCUT2D eigenvalue weighted by molar-refractivity contribution is -0.123. The zero-order chi connectivity index (χ0) is 13.2. The molecular weight excluding hydrogens is 231 g/mol. The third-order valence-electron chi connectivity index (χ3n) is 3.22. The minimum atomic E-state index is -1.60. The molecule has 1 saturated carbocycles. The Labute approximate surface area is 106 Å². The number of nitrogens with two attached hydrogens (primary N) is 1. The van der Waals surface area contributed by atoms with Crippen molar-refractivity contribution in [2.24, 2.45) is 5.73 Å². The van der Waals surface area contributed by atoms with Crippen LogP contribution >= 0.6 is 0 Å². The summed E-state index contributed by atoms with van der Waals surface area (Å²) in [6.07, 6.45) is 1.66. The maximum atomic E-state index is 11.8. The molecule has 0 bridgehead atoms. The second-order valence-corrected chi connectivity index (χ2v) is 4.84. The molecule has 1 aromatic carbocycles. The highest BCUT2D eigenvalue weighted by Gasteiger charge is 2.47. The summed E-state index contributed by atoms with van der Waals surface area (Å²) in [6.45, 7) is 0. The summed E-state index contributed by atoms with van der Waals surface area (Å²) < 4.78 is 0. The number of hydrogen-bond acceptors (Lipinski definition) is 4. The van der Waals surface area contributed by atoms with Crippen molar-refractivity contribution in [3.8, 4) is 0 Å². The van der Waals surface area contributed by atoms with Gasteiger partial charge in [0.25, 0.3) is 0 Å². The third-order valence-corrected chi connectivity index (χ3v) is 3.22. The van der Waals surface area contributed by atoms with Gasteiger partial charge in [0.05, 0.1) is 11.5 Å². The molecule has 1 aliphatic rings. The van der Waals surface area contributed by atoms with Gasteiger partial charge in [0.15, 0.2) is 0 Å². The van der Waals surface area contributed by atoms with Gasteiger partial charge in [-0.1, -0.05) is 30.3 Å². The van der Waals surface area contributed by atoms with Crippen molar-refractivity contribution in [1.82, 2.24) is 5.32 Å². The van der Waals surface area contributed by atoms with Crippen molar-refractivity contribution in [1.29, 1.82) is 0 Å². The van der Waals surface area contributed by atoms with E-state index >= 15 is 0 Å². The molecule has 0 spiro atoms. The molecule has 0 heterocycles. The van der Waals surface area contributed by atoms with Crippen LogP contribution in [0.2, 0.25) is 0 Å². The molecule has 2 rings (SSSR count). The van der Waals surface area contributed by atoms with Crippen molar-refractivity contribution in [3.05, 3.63) is 35.9 Å². The molecule has 1 fully saturated rings. The van der Waals surface area contributed by atoms with Gasteiger partial charge in [0.2, 0.25) is 5.91 Å². The van der Waals surface area contributed by atoms with Gasteiger partial charge in [-0.3, -0.25) is 4.79 Å². The maximum absolute atomic E-state index is 11.8. The summed E-state index contributed by atoms with van der Waals surface area (Å²) in [5.74, 6) is -1.04. The number of carbonyl (C=O) groups is 1. The Hall–Kier alpha value is -1.37. The molecule has 5 nitrogen and oxygen atoms in total. The van der Waals surface area contributed by atoms with E-state index < -0.39 is 18.6 Å². The third kappa shape index (κ3) is 3.10. The Morgan fingerprint density at radius 3 is 2.50 bits per heavy atom. The minimum Gasteiger partial charge on any atom is -0.426 e. The van der Waals surface area contributed by atoms with E-state index in [9.17, 15) is 14.8 Å². The number of amides is 1. The van der Waals surface area contributed by atoms with Crippen LogP contribution in [-0.2, 0) is 11.2 Å². The molecule has 1 aromatic rings. The number of benzene rings is 1. The summed E-state index contributed by atoms with van der Waals surface area (Å²) in [4.78, 5) is 11.8. The molecule has 0 aromatic heterocycles. The summed E-state index contributed by atoms with van der Waals surface area (Å²) in [7, 11) is -1.60. The first kappa shape index (κ1) is 13.1. The summed E-state index contributed by atoms with van der Waals surface area (Å²) in [5.41, 5.74) is 5.88. The normalized spacial score (nSPS) is 17.9. The van der Waals surface area contributed by atoms with Gasteiger partial charge in [0.1, 0.15) is 0 Å². The van der Waals surface area contributed by atoms with E-state index in [2.05, 4.69) is 5.32 Å². The van der Waals surface area contributed by atoms with E-state index in [4.69, 9.17) is 5.73 Å². The van der Waals surface area contributed by atoms with Gasteiger partial charge in [-0.15, -0.1) is 0 Å². The van der Waals surface area contributed by atoms with Crippen molar-refractivity contribution < 1.29 is 14.8 Å². The van der Waals surface area contributed by atoms with Crippen LogP contribution in [0.5, 0.6) is 0 Å². The molecule has 6 heteroatoms. The molecule has 0 radical (unpaired) electrons. The average molecular weight is 248 g/mol. The number of rotatable bonds is 5.